The van der Waals surface area contributed by atoms with Gasteiger partial charge in [-0.05, 0) is 26.0 Å². The van der Waals surface area contributed by atoms with E-state index in [1.165, 1.54) is 19.1 Å². The minimum Gasteiger partial charge on any atom is -0.462 e. The second-order valence-electron chi connectivity index (χ2n) is 3.33. The summed E-state index contributed by atoms with van der Waals surface area (Å²) in [6, 6.07) is 4.43. The standard InChI is InChI=1S/C12H11F2NO3/c1-3-17-11(16)9-5-4-8(6-15)7(2)10(9)18-12(13)14/h4-5,12H,3H2,1-2H3. The molecule has 96 valence electrons. The zero-order chi connectivity index (χ0) is 13.7. The molecule has 18 heavy (non-hydrogen) atoms. The molecule has 0 aromatic heterocycles. The van der Waals surface area contributed by atoms with Crippen LogP contribution in [0.4, 0.5) is 8.78 Å². The van der Waals surface area contributed by atoms with Crippen LogP contribution in [0.3, 0.4) is 0 Å². The molecule has 0 aliphatic heterocycles. The zero-order valence-electron chi connectivity index (χ0n) is 9.87. The lowest BCUT2D eigenvalue weighted by Crippen LogP contribution is -2.12. The van der Waals surface area contributed by atoms with Crippen molar-refractivity contribution < 1.29 is 23.0 Å². The summed E-state index contributed by atoms with van der Waals surface area (Å²) < 4.78 is 33.6. The largest absolute Gasteiger partial charge is 0.462 e. The van der Waals surface area contributed by atoms with Crippen LogP contribution >= 0.6 is 0 Å². The van der Waals surface area contributed by atoms with Crippen molar-refractivity contribution >= 4 is 5.97 Å². The summed E-state index contributed by atoms with van der Waals surface area (Å²) >= 11 is 0. The Morgan fingerprint density at radius 3 is 2.67 bits per heavy atom. The summed E-state index contributed by atoms with van der Waals surface area (Å²) in [6.45, 7) is 0.0679. The highest BCUT2D eigenvalue weighted by atomic mass is 19.3. The highest BCUT2D eigenvalue weighted by molar-refractivity contribution is 5.93. The fourth-order valence-electron chi connectivity index (χ4n) is 1.42. The average molecular weight is 255 g/mol. The highest BCUT2D eigenvalue weighted by Gasteiger charge is 2.20. The molecule has 4 nitrogen and oxygen atoms in total. The van der Waals surface area contributed by atoms with Crippen molar-refractivity contribution in [3.63, 3.8) is 0 Å². The lowest BCUT2D eigenvalue weighted by Gasteiger charge is -2.13. The van der Waals surface area contributed by atoms with Crippen molar-refractivity contribution in [1.82, 2.24) is 0 Å². The van der Waals surface area contributed by atoms with Crippen LogP contribution in [-0.2, 0) is 4.74 Å². The van der Waals surface area contributed by atoms with E-state index in [1.807, 2.05) is 6.07 Å². The van der Waals surface area contributed by atoms with Gasteiger partial charge in [0.05, 0.1) is 18.2 Å². The second kappa shape index (κ2) is 5.96. The molecular formula is C12H11F2NO3. The van der Waals surface area contributed by atoms with Crippen LogP contribution in [0.2, 0.25) is 0 Å². The molecule has 0 saturated carbocycles. The number of esters is 1. The van der Waals surface area contributed by atoms with E-state index in [2.05, 4.69) is 4.74 Å². The summed E-state index contributed by atoms with van der Waals surface area (Å²) in [5, 5.41) is 8.80. The van der Waals surface area contributed by atoms with Crippen LogP contribution in [0.15, 0.2) is 12.1 Å². The Labute approximate surface area is 103 Å². The number of halogens is 2. The molecule has 0 N–H and O–H groups in total. The number of carbonyl (C=O) groups is 1. The Kier molecular flexibility index (Phi) is 4.60. The third-order valence-electron chi connectivity index (χ3n) is 2.23. The molecule has 0 amide bonds. The molecule has 1 rings (SSSR count). The quantitative estimate of drug-likeness (QED) is 0.776. The maximum atomic E-state index is 12.3. The first-order valence-corrected chi connectivity index (χ1v) is 5.16. The highest BCUT2D eigenvalue weighted by Crippen LogP contribution is 2.28. The molecule has 0 aliphatic carbocycles. The number of alkyl halides is 2. The van der Waals surface area contributed by atoms with Gasteiger partial charge < -0.3 is 9.47 Å². The number of hydrogen-bond donors (Lipinski definition) is 0. The van der Waals surface area contributed by atoms with Gasteiger partial charge in [-0.25, -0.2) is 4.79 Å². The molecule has 0 spiro atoms. The van der Waals surface area contributed by atoms with Crippen LogP contribution in [-0.4, -0.2) is 19.2 Å². The summed E-state index contributed by atoms with van der Waals surface area (Å²) in [7, 11) is 0. The van der Waals surface area contributed by atoms with Crippen molar-refractivity contribution in [1.29, 1.82) is 5.26 Å². The van der Waals surface area contributed by atoms with E-state index in [0.717, 1.165) is 0 Å². The van der Waals surface area contributed by atoms with Crippen molar-refractivity contribution in [2.24, 2.45) is 0 Å². The zero-order valence-corrected chi connectivity index (χ0v) is 9.87. The molecule has 0 unspecified atom stereocenters. The van der Waals surface area contributed by atoms with E-state index < -0.39 is 12.6 Å². The molecule has 0 aliphatic rings. The Morgan fingerprint density at radius 2 is 2.17 bits per heavy atom. The number of ether oxygens (including phenoxy) is 2. The molecule has 0 saturated heterocycles. The molecule has 0 heterocycles. The van der Waals surface area contributed by atoms with E-state index in [1.54, 1.807) is 6.92 Å². The van der Waals surface area contributed by atoms with Crippen molar-refractivity contribution in [2.75, 3.05) is 6.61 Å². The second-order valence-corrected chi connectivity index (χ2v) is 3.33. The van der Waals surface area contributed by atoms with Gasteiger partial charge in [0.1, 0.15) is 11.3 Å². The lowest BCUT2D eigenvalue weighted by molar-refractivity contribution is -0.0509. The van der Waals surface area contributed by atoms with E-state index in [4.69, 9.17) is 10.00 Å². The van der Waals surface area contributed by atoms with Crippen LogP contribution in [0.1, 0.15) is 28.4 Å². The van der Waals surface area contributed by atoms with Gasteiger partial charge >= 0.3 is 12.6 Å². The summed E-state index contributed by atoms with van der Waals surface area (Å²) in [6.07, 6.45) is 0. The third kappa shape index (κ3) is 2.94. The number of rotatable bonds is 4. The first kappa shape index (κ1) is 13.9. The topological polar surface area (TPSA) is 59.3 Å². The lowest BCUT2D eigenvalue weighted by atomic mass is 10.0. The molecule has 6 heteroatoms. The minimum atomic E-state index is -3.08. The molecule has 0 bridgehead atoms. The number of nitriles is 1. The number of hydrogen-bond acceptors (Lipinski definition) is 4. The van der Waals surface area contributed by atoms with Gasteiger partial charge in [-0.15, -0.1) is 0 Å². The average Bonchev–Trinajstić information content (AvgIpc) is 2.31. The van der Waals surface area contributed by atoms with Gasteiger partial charge in [0.15, 0.2) is 0 Å². The van der Waals surface area contributed by atoms with Crippen molar-refractivity contribution in [2.45, 2.75) is 20.5 Å². The SMILES string of the molecule is CCOC(=O)c1ccc(C#N)c(C)c1OC(F)F. The summed E-state index contributed by atoms with van der Waals surface area (Å²) in [5.74, 6) is -1.08. The van der Waals surface area contributed by atoms with E-state index in [9.17, 15) is 13.6 Å². The van der Waals surface area contributed by atoms with E-state index in [0.29, 0.717) is 0 Å². The van der Waals surface area contributed by atoms with Gasteiger partial charge in [-0.2, -0.15) is 14.0 Å². The molecule has 1 aromatic rings. The van der Waals surface area contributed by atoms with Gasteiger partial charge in [0, 0.05) is 5.56 Å². The fourth-order valence-corrected chi connectivity index (χ4v) is 1.42. The number of benzene rings is 1. The Morgan fingerprint density at radius 1 is 1.50 bits per heavy atom. The molecule has 1 aromatic carbocycles. The van der Waals surface area contributed by atoms with Crippen LogP contribution in [0, 0.1) is 18.3 Å². The Hall–Kier alpha value is -2.16. The molecule has 0 atom stereocenters. The first-order valence-electron chi connectivity index (χ1n) is 5.16. The Bertz CT molecular complexity index is 495. The van der Waals surface area contributed by atoms with Crippen LogP contribution in [0.5, 0.6) is 5.75 Å². The maximum absolute atomic E-state index is 12.3. The normalized spacial score (nSPS) is 10.0. The predicted octanol–water partition coefficient (Wildman–Crippen LogP) is 2.64. The number of carbonyl (C=O) groups excluding carboxylic acids is 1. The van der Waals surface area contributed by atoms with Gasteiger partial charge in [0.25, 0.3) is 0 Å². The fraction of sp³-hybridized carbons (Fsp3) is 0.333. The van der Waals surface area contributed by atoms with Gasteiger partial charge in [-0.1, -0.05) is 0 Å². The van der Waals surface area contributed by atoms with Crippen molar-refractivity contribution in [3.05, 3.63) is 28.8 Å². The van der Waals surface area contributed by atoms with Crippen molar-refractivity contribution in [3.8, 4) is 11.8 Å². The third-order valence-corrected chi connectivity index (χ3v) is 2.23. The minimum absolute atomic E-state index is 0.117. The molecular weight excluding hydrogens is 244 g/mol. The summed E-state index contributed by atoms with van der Waals surface area (Å²) in [4.78, 5) is 11.6. The van der Waals surface area contributed by atoms with E-state index in [-0.39, 0.29) is 29.0 Å². The van der Waals surface area contributed by atoms with Crippen LogP contribution < -0.4 is 4.74 Å². The molecule has 0 fully saturated rings. The summed E-state index contributed by atoms with van der Waals surface area (Å²) in [5.41, 5.74) is 0.232. The first-order chi connectivity index (χ1) is 8.51. The van der Waals surface area contributed by atoms with E-state index >= 15 is 0 Å². The van der Waals surface area contributed by atoms with Gasteiger partial charge in [-0.3, -0.25) is 0 Å². The smallest absolute Gasteiger partial charge is 0.387 e. The monoisotopic (exact) mass is 255 g/mol. The Balaban J connectivity index is 3.29. The number of nitrogens with zero attached hydrogens (tertiary/aromatic N) is 1. The predicted molar refractivity (Wildman–Crippen MR) is 58.5 cm³/mol. The van der Waals surface area contributed by atoms with Crippen LogP contribution in [0.25, 0.3) is 0 Å². The molecule has 0 radical (unpaired) electrons. The maximum Gasteiger partial charge on any atom is 0.387 e. The van der Waals surface area contributed by atoms with Gasteiger partial charge in [0.2, 0.25) is 0 Å².